The summed E-state index contributed by atoms with van der Waals surface area (Å²) in [4.78, 5) is 0. The first-order valence-electron chi connectivity index (χ1n) is 13.3. The molecule has 1 atom stereocenters. The van der Waals surface area contributed by atoms with Crippen LogP contribution in [0.3, 0.4) is 0 Å². The third kappa shape index (κ3) is 5.95. The number of rotatable bonds is 10. The predicted octanol–water partition coefficient (Wildman–Crippen LogP) is 4.47. The minimum absolute atomic E-state index is 0.0575. The highest BCUT2D eigenvalue weighted by molar-refractivity contribution is 5.42. The lowest BCUT2D eigenvalue weighted by atomic mass is 10.0. The topological polar surface area (TPSA) is 47.9 Å². The fraction of sp³-hybridized carbons (Fsp3) is 0.455. The number of hydrogen-bond donors (Lipinski definition) is 1. The van der Waals surface area contributed by atoms with Crippen molar-refractivity contribution in [3.8, 4) is 17.2 Å². The Bertz CT molecular complexity index is 1090. The molecule has 0 bridgehead atoms. The van der Waals surface area contributed by atoms with E-state index in [1.54, 1.807) is 13.8 Å². The summed E-state index contributed by atoms with van der Waals surface area (Å²) in [6, 6.07) is -1.58. The molecule has 1 N–H and O–H groups in total. The second-order valence-electron chi connectivity index (χ2n) is 5.83. The zero-order chi connectivity index (χ0) is 27.6. The van der Waals surface area contributed by atoms with E-state index in [0.717, 1.165) is 0 Å². The van der Waals surface area contributed by atoms with Gasteiger partial charge in [-0.1, -0.05) is 18.5 Å². The third-order valence-corrected chi connectivity index (χ3v) is 3.86. The zero-order valence-electron chi connectivity index (χ0n) is 25.2. The zero-order valence-corrected chi connectivity index (χ0v) is 15.2. The molecule has 0 amide bonds. The molecule has 142 valence electrons. The summed E-state index contributed by atoms with van der Waals surface area (Å²) in [5.74, 6) is -0.924. The van der Waals surface area contributed by atoms with Crippen molar-refractivity contribution in [3.63, 3.8) is 0 Å². The van der Waals surface area contributed by atoms with Gasteiger partial charge >= 0.3 is 0 Å². The molecule has 0 aliphatic rings. The molecular formula is C22H30O4. The molecule has 4 heteroatoms. The van der Waals surface area contributed by atoms with Gasteiger partial charge in [-0.25, -0.2) is 0 Å². The second kappa shape index (κ2) is 10.1. The molecule has 26 heavy (non-hydrogen) atoms. The molecule has 2 rings (SSSR count). The third-order valence-electron chi connectivity index (χ3n) is 3.86. The first-order valence-corrected chi connectivity index (χ1v) is 8.30. The van der Waals surface area contributed by atoms with Crippen LogP contribution in [-0.2, 0) is 6.42 Å². The monoisotopic (exact) mass is 368 g/mol. The van der Waals surface area contributed by atoms with Gasteiger partial charge in [0, 0.05) is 0 Å². The molecule has 2 aromatic carbocycles. The normalized spacial score (nSPS) is 19.1. The van der Waals surface area contributed by atoms with Gasteiger partial charge in [-0.3, -0.25) is 0 Å². The molecule has 0 fully saturated rings. The minimum Gasteiger partial charge on any atom is -0.493 e. The van der Waals surface area contributed by atoms with Crippen LogP contribution in [0.15, 0.2) is 36.3 Å². The molecule has 0 aliphatic carbocycles. The van der Waals surface area contributed by atoms with E-state index >= 15 is 0 Å². The molecule has 0 aliphatic heterocycles. The van der Waals surface area contributed by atoms with Crippen LogP contribution in [0.25, 0.3) is 0 Å². The van der Waals surface area contributed by atoms with Gasteiger partial charge < -0.3 is 19.3 Å². The average molecular weight is 369 g/mol. The SMILES string of the molecule is [2H]c1c([2H])c(OCC([2H])(O)CCCCc2c([2H])c([2H])c(OC([2H])([2H])[2H])c(OC)c2[2H])c([2H])c(C)c1C. The maximum absolute atomic E-state index is 10.4. The van der Waals surface area contributed by atoms with Gasteiger partial charge in [-0.2, -0.15) is 0 Å². The summed E-state index contributed by atoms with van der Waals surface area (Å²) >= 11 is 0. The summed E-state index contributed by atoms with van der Waals surface area (Å²) in [5.41, 5.74) is 1.12. The van der Waals surface area contributed by atoms with Crippen LogP contribution in [0.5, 0.6) is 17.2 Å². The highest BCUT2D eigenvalue weighted by atomic mass is 16.5. The molecule has 2 aromatic rings. The average Bonchev–Trinajstić information content (AvgIpc) is 2.78. The Labute approximate surface area is 170 Å². The lowest BCUT2D eigenvalue weighted by Gasteiger charge is -2.13. The van der Waals surface area contributed by atoms with Crippen molar-refractivity contribution in [1.29, 1.82) is 0 Å². The molecule has 0 heterocycles. The standard InChI is InChI=1S/C22H30O4/c1-16-9-11-20(13-17(16)2)26-15-19(23)8-6-5-7-18-10-12-21(24-3)22(14-18)25-4/h9-14,19,23H,5-8,15H2,1-4H3/i3D3,9D,10D,11D,12D,13D,14D,19D. The van der Waals surface area contributed by atoms with Crippen LogP contribution >= 0.6 is 0 Å². The van der Waals surface area contributed by atoms with Crippen LogP contribution in [0.4, 0.5) is 0 Å². The molecule has 1 unspecified atom stereocenters. The molecule has 0 spiro atoms. The molecule has 0 aromatic heterocycles. The number of unbranched alkanes of at least 4 members (excludes halogenated alkanes) is 1. The van der Waals surface area contributed by atoms with Crippen molar-refractivity contribution in [2.75, 3.05) is 20.8 Å². The van der Waals surface area contributed by atoms with Crippen LogP contribution in [-0.4, -0.2) is 31.9 Å². The van der Waals surface area contributed by atoms with Gasteiger partial charge in [0.25, 0.3) is 0 Å². The molecular weight excluding hydrogens is 328 g/mol. The molecule has 0 saturated heterocycles. The first kappa shape index (κ1) is 10.2. The summed E-state index contributed by atoms with van der Waals surface area (Å²) in [6.07, 6.45) is -1.36. The molecule has 0 saturated carbocycles. The number of aliphatic hydroxyl groups is 1. The van der Waals surface area contributed by atoms with Gasteiger partial charge in [0.05, 0.1) is 33.9 Å². The van der Waals surface area contributed by atoms with Gasteiger partial charge in [0.15, 0.2) is 11.5 Å². The lowest BCUT2D eigenvalue weighted by molar-refractivity contribution is 0.0976. The quantitative estimate of drug-likeness (QED) is 0.629. The fourth-order valence-corrected chi connectivity index (χ4v) is 2.22. The van der Waals surface area contributed by atoms with Crippen LogP contribution in [0, 0.1) is 13.8 Å². The Balaban J connectivity index is 2.07. The van der Waals surface area contributed by atoms with E-state index < -0.39 is 31.5 Å². The van der Waals surface area contributed by atoms with Gasteiger partial charge in [0.1, 0.15) is 12.4 Å². The highest BCUT2D eigenvalue weighted by Crippen LogP contribution is 2.28. The number of benzene rings is 2. The van der Waals surface area contributed by atoms with E-state index in [4.69, 9.17) is 27.9 Å². The Morgan fingerprint density at radius 3 is 2.69 bits per heavy atom. The second-order valence-corrected chi connectivity index (χ2v) is 5.83. The van der Waals surface area contributed by atoms with Crippen LogP contribution < -0.4 is 14.2 Å². The summed E-state index contributed by atoms with van der Waals surface area (Å²) < 4.78 is 93.8. The van der Waals surface area contributed by atoms with Gasteiger partial charge in [0.2, 0.25) is 0 Å². The van der Waals surface area contributed by atoms with Crippen LogP contribution in [0.2, 0.25) is 0 Å². The number of methoxy groups -OCH3 is 2. The summed E-state index contributed by atoms with van der Waals surface area (Å²) in [6.45, 7) is 2.75. The number of hydrogen-bond acceptors (Lipinski definition) is 4. The number of ether oxygens (including phenoxy) is 3. The smallest absolute Gasteiger partial charge is 0.160 e. The Morgan fingerprint density at radius 2 is 1.92 bits per heavy atom. The Hall–Kier alpha value is -2.20. The van der Waals surface area contributed by atoms with E-state index in [2.05, 4.69) is 0 Å². The van der Waals surface area contributed by atoms with E-state index in [0.29, 0.717) is 17.5 Å². The summed E-state index contributed by atoms with van der Waals surface area (Å²) in [5, 5.41) is 10.4. The minimum atomic E-state index is -2.88. The van der Waals surface area contributed by atoms with Crippen molar-refractivity contribution in [3.05, 3.63) is 52.9 Å². The largest absolute Gasteiger partial charge is 0.493 e. The molecule has 4 nitrogen and oxygen atoms in total. The maximum Gasteiger partial charge on any atom is 0.160 e. The Morgan fingerprint density at radius 1 is 1.08 bits per heavy atom. The highest BCUT2D eigenvalue weighted by Gasteiger charge is 2.07. The molecule has 0 radical (unpaired) electrons. The predicted molar refractivity (Wildman–Crippen MR) is 105 cm³/mol. The summed E-state index contributed by atoms with van der Waals surface area (Å²) in [7, 11) is -1.68. The van der Waals surface area contributed by atoms with E-state index in [-0.39, 0.29) is 66.5 Å². The van der Waals surface area contributed by atoms with E-state index in [9.17, 15) is 5.11 Å². The van der Waals surface area contributed by atoms with Crippen molar-refractivity contribution in [2.24, 2.45) is 0 Å². The van der Waals surface area contributed by atoms with Crippen molar-refractivity contribution in [1.82, 2.24) is 0 Å². The maximum atomic E-state index is 10.4. The van der Waals surface area contributed by atoms with Crippen molar-refractivity contribution < 1.29 is 33.0 Å². The van der Waals surface area contributed by atoms with Crippen molar-refractivity contribution in [2.45, 2.75) is 45.6 Å². The lowest BCUT2D eigenvalue weighted by Crippen LogP contribution is -2.17. The fourth-order valence-electron chi connectivity index (χ4n) is 2.22. The van der Waals surface area contributed by atoms with E-state index in [1.807, 2.05) is 0 Å². The first-order chi connectivity index (χ1) is 16.5. The van der Waals surface area contributed by atoms with Crippen molar-refractivity contribution >= 4 is 0 Å². The van der Waals surface area contributed by atoms with Gasteiger partial charge in [-0.15, -0.1) is 0 Å². The van der Waals surface area contributed by atoms with E-state index in [1.165, 1.54) is 7.11 Å². The Kier molecular flexibility index (Phi) is 3.96. The van der Waals surface area contributed by atoms with Gasteiger partial charge in [-0.05, 0) is 74.0 Å². The van der Waals surface area contributed by atoms with Crippen LogP contribution in [0.1, 0.15) is 49.7 Å².